The predicted octanol–water partition coefficient (Wildman–Crippen LogP) is 3.45. The van der Waals surface area contributed by atoms with E-state index in [2.05, 4.69) is 61.4 Å². The fraction of sp³-hybridized carbons (Fsp3) is 0.348. The molecule has 9 heteroatoms. The molecule has 32 heavy (non-hydrogen) atoms. The van der Waals surface area contributed by atoms with Crippen molar-refractivity contribution in [3.8, 4) is 0 Å². The Morgan fingerprint density at radius 2 is 1.81 bits per heavy atom. The standard InChI is InChI=1S/C23H31N5O2S.HI/c1-3-25-23(26-13-7-14-28-15-12-21-10-4-5-11-22(21)28)27-17-19-8-6-9-20(16-19)18-31(29,30)24-2;/h4-6,8-12,15-16,24H,3,7,13-14,17-18H2,1-2H3,(H2,25,26,27);1H. The number of halogens is 1. The molecule has 1 heterocycles. The first-order valence-electron chi connectivity index (χ1n) is 10.6. The molecule has 0 atom stereocenters. The molecule has 174 valence electrons. The number of sulfonamides is 1. The number of para-hydroxylation sites is 1. The molecule has 7 nitrogen and oxygen atoms in total. The number of hydrogen-bond acceptors (Lipinski definition) is 3. The Kier molecular flexibility index (Phi) is 10.5. The highest BCUT2D eigenvalue weighted by Crippen LogP contribution is 2.15. The van der Waals surface area contributed by atoms with Crippen LogP contribution in [0.5, 0.6) is 0 Å². The zero-order valence-electron chi connectivity index (χ0n) is 18.5. The molecule has 0 saturated carbocycles. The van der Waals surface area contributed by atoms with Crippen LogP contribution in [0.2, 0.25) is 0 Å². The van der Waals surface area contributed by atoms with Crippen LogP contribution in [-0.4, -0.2) is 39.1 Å². The maximum atomic E-state index is 11.8. The van der Waals surface area contributed by atoms with Gasteiger partial charge in [0.25, 0.3) is 0 Å². The molecule has 3 rings (SSSR count). The summed E-state index contributed by atoms with van der Waals surface area (Å²) in [6.45, 7) is 5.02. The van der Waals surface area contributed by atoms with E-state index >= 15 is 0 Å². The fourth-order valence-corrected chi connectivity index (χ4v) is 4.18. The second-order valence-corrected chi connectivity index (χ2v) is 9.25. The molecule has 0 fully saturated rings. The SMILES string of the molecule is CCNC(=NCc1cccc(CS(=O)(=O)NC)c1)NCCCn1ccc2ccccc21.I. The molecule has 3 aromatic rings. The van der Waals surface area contributed by atoms with Crippen molar-refractivity contribution in [2.24, 2.45) is 4.99 Å². The summed E-state index contributed by atoms with van der Waals surface area (Å²) in [4.78, 5) is 4.65. The molecule has 0 aliphatic carbocycles. The Morgan fingerprint density at radius 1 is 1.03 bits per heavy atom. The normalized spacial score (nSPS) is 11.9. The van der Waals surface area contributed by atoms with Gasteiger partial charge in [-0.1, -0.05) is 42.5 Å². The topological polar surface area (TPSA) is 87.5 Å². The lowest BCUT2D eigenvalue weighted by atomic mass is 10.1. The quantitative estimate of drug-likeness (QED) is 0.151. The smallest absolute Gasteiger partial charge is 0.215 e. The molecule has 0 aliphatic rings. The largest absolute Gasteiger partial charge is 0.357 e. The highest BCUT2D eigenvalue weighted by Gasteiger charge is 2.09. The number of aliphatic imine (C=N–C) groups is 1. The van der Waals surface area contributed by atoms with E-state index in [-0.39, 0.29) is 29.7 Å². The second kappa shape index (κ2) is 12.8. The lowest BCUT2D eigenvalue weighted by Crippen LogP contribution is -2.38. The van der Waals surface area contributed by atoms with Gasteiger partial charge < -0.3 is 15.2 Å². The van der Waals surface area contributed by atoms with Gasteiger partial charge in [0.05, 0.1) is 12.3 Å². The van der Waals surface area contributed by atoms with E-state index in [9.17, 15) is 8.42 Å². The Morgan fingerprint density at radius 3 is 2.59 bits per heavy atom. The van der Waals surface area contributed by atoms with Gasteiger partial charge in [0.1, 0.15) is 0 Å². The summed E-state index contributed by atoms with van der Waals surface area (Å²) < 4.78 is 28.2. The van der Waals surface area contributed by atoms with Gasteiger partial charge in [0, 0.05) is 31.3 Å². The average Bonchev–Trinajstić information content (AvgIpc) is 3.18. The first-order chi connectivity index (χ1) is 15.0. The molecule has 2 aromatic carbocycles. The molecule has 0 radical (unpaired) electrons. The maximum Gasteiger partial charge on any atom is 0.215 e. The van der Waals surface area contributed by atoms with Gasteiger partial charge >= 0.3 is 0 Å². The summed E-state index contributed by atoms with van der Waals surface area (Å²) in [5, 5.41) is 7.91. The molecular formula is C23H32IN5O2S. The van der Waals surface area contributed by atoms with Crippen molar-refractivity contribution in [1.82, 2.24) is 19.9 Å². The fourth-order valence-electron chi connectivity index (χ4n) is 3.41. The minimum absolute atomic E-state index is 0. The number of aromatic nitrogens is 1. The van der Waals surface area contributed by atoms with Crippen molar-refractivity contribution in [1.29, 1.82) is 0 Å². The molecule has 0 amide bonds. The van der Waals surface area contributed by atoms with E-state index in [0.29, 0.717) is 6.54 Å². The van der Waals surface area contributed by atoms with E-state index in [1.807, 2.05) is 31.2 Å². The zero-order valence-corrected chi connectivity index (χ0v) is 21.7. The molecule has 0 saturated heterocycles. The number of aryl methyl sites for hydroxylation is 1. The highest BCUT2D eigenvalue weighted by atomic mass is 127. The number of rotatable bonds is 10. The third-order valence-corrected chi connectivity index (χ3v) is 6.31. The molecule has 0 bridgehead atoms. The number of nitrogens with zero attached hydrogens (tertiary/aromatic N) is 2. The minimum atomic E-state index is -3.29. The molecule has 0 spiro atoms. The molecule has 0 unspecified atom stereocenters. The summed E-state index contributed by atoms with van der Waals surface area (Å²) in [5.74, 6) is 0.723. The van der Waals surface area contributed by atoms with Crippen molar-refractivity contribution in [3.05, 3.63) is 71.9 Å². The van der Waals surface area contributed by atoms with Crippen LogP contribution in [0, 0.1) is 0 Å². The van der Waals surface area contributed by atoms with Crippen LogP contribution in [0.15, 0.2) is 65.8 Å². The number of nitrogens with one attached hydrogen (secondary N) is 3. The highest BCUT2D eigenvalue weighted by molar-refractivity contribution is 14.0. The third-order valence-electron chi connectivity index (χ3n) is 4.97. The Balaban J connectivity index is 0.00000363. The minimum Gasteiger partial charge on any atom is -0.357 e. The summed E-state index contributed by atoms with van der Waals surface area (Å²) in [7, 11) is -1.86. The van der Waals surface area contributed by atoms with E-state index < -0.39 is 10.0 Å². The van der Waals surface area contributed by atoms with Crippen LogP contribution in [0.4, 0.5) is 0 Å². The lowest BCUT2D eigenvalue weighted by Gasteiger charge is -2.12. The van der Waals surface area contributed by atoms with Gasteiger partial charge in [0.15, 0.2) is 5.96 Å². The van der Waals surface area contributed by atoms with Gasteiger partial charge in [-0.3, -0.25) is 0 Å². The second-order valence-electron chi connectivity index (χ2n) is 7.33. The molecule has 1 aromatic heterocycles. The van der Waals surface area contributed by atoms with Gasteiger partial charge in [0.2, 0.25) is 10.0 Å². The zero-order chi connectivity index (χ0) is 22.1. The van der Waals surface area contributed by atoms with Crippen LogP contribution in [0.1, 0.15) is 24.5 Å². The first-order valence-corrected chi connectivity index (χ1v) is 12.2. The van der Waals surface area contributed by atoms with E-state index in [4.69, 9.17) is 0 Å². The van der Waals surface area contributed by atoms with E-state index in [0.717, 1.165) is 43.1 Å². The molecular weight excluding hydrogens is 537 g/mol. The van der Waals surface area contributed by atoms with E-state index in [1.54, 1.807) is 0 Å². The maximum absolute atomic E-state index is 11.8. The predicted molar refractivity (Wildman–Crippen MR) is 143 cm³/mol. The van der Waals surface area contributed by atoms with Gasteiger partial charge in [-0.05, 0) is 49.0 Å². The number of hydrogen-bond donors (Lipinski definition) is 3. The summed E-state index contributed by atoms with van der Waals surface area (Å²) in [5.41, 5.74) is 2.97. The number of benzene rings is 2. The summed E-state index contributed by atoms with van der Waals surface area (Å²) in [6.07, 6.45) is 3.10. The monoisotopic (exact) mass is 569 g/mol. The Labute approximate surface area is 207 Å². The number of fused-ring (bicyclic) bond motifs is 1. The van der Waals surface area contributed by atoms with Crippen molar-refractivity contribution in [2.75, 3.05) is 20.1 Å². The van der Waals surface area contributed by atoms with E-state index in [1.165, 1.54) is 18.0 Å². The van der Waals surface area contributed by atoms with Crippen molar-refractivity contribution in [2.45, 2.75) is 32.2 Å². The first kappa shape index (κ1) is 26.1. The Hall–Kier alpha value is -2.11. The van der Waals surface area contributed by atoms with Gasteiger partial charge in [-0.25, -0.2) is 18.1 Å². The van der Waals surface area contributed by atoms with Crippen molar-refractivity contribution in [3.63, 3.8) is 0 Å². The summed E-state index contributed by atoms with van der Waals surface area (Å²) >= 11 is 0. The van der Waals surface area contributed by atoms with Crippen LogP contribution in [0.25, 0.3) is 10.9 Å². The van der Waals surface area contributed by atoms with Gasteiger partial charge in [-0.2, -0.15) is 0 Å². The average molecular weight is 570 g/mol. The van der Waals surface area contributed by atoms with Crippen LogP contribution < -0.4 is 15.4 Å². The molecule has 3 N–H and O–H groups in total. The number of guanidine groups is 1. The third kappa shape index (κ3) is 7.79. The lowest BCUT2D eigenvalue weighted by molar-refractivity contribution is 0.587. The van der Waals surface area contributed by atoms with Crippen LogP contribution >= 0.6 is 24.0 Å². The van der Waals surface area contributed by atoms with Crippen LogP contribution in [0.3, 0.4) is 0 Å². The molecule has 0 aliphatic heterocycles. The Bertz CT molecular complexity index is 1130. The van der Waals surface area contributed by atoms with Crippen molar-refractivity contribution < 1.29 is 8.42 Å². The van der Waals surface area contributed by atoms with Gasteiger partial charge in [-0.15, -0.1) is 24.0 Å². The van der Waals surface area contributed by atoms with Crippen LogP contribution in [-0.2, 0) is 28.9 Å². The van der Waals surface area contributed by atoms with Crippen molar-refractivity contribution >= 4 is 50.9 Å². The summed E-state index contributed by atoms with van der Waals surface area (Å²) in [6, 6.07) is 18.1.